The number of likely N-dealkylation sites (tertiary alicyclic amines) is 1. The van der Waals surface area contributed by atoms with Crippen LogP contribution in [0.4, 0.5) is 0 Å². The summed E-state index contributed by atoms with van der Waals surface area (Å²) < 4.78 is 0. The van der Waals surface area contributed by atoms with E-state index < -0.39 is 0 Å². The highest BCUT2D eigenvalue weighted by atomic mass is 35.5. The fourth-order valence-electron chi connectivity index (χ4n) is 2.53. The molecule has 2 rings (SSSR count). The third-order valence-corrected chi connectivity index (χ3v) is 4.73. The van der Waals surface area contributed by atoms with E-state index in [1.165, 1.54) is 5.56 Å². The zero-order chi connectivity index (χ0) is 16.3. The van der Waals surface area contributed by atoms with Crippen LogP contribution in [-0.4, -0.2) is 29.9 Å². The minimum atomic E-state index is -0.322. The predicted octanol–water partition coefficient (Wildman–Crippen LogP) is 4.12. The summed E-state index contributed by atoms with van der Waals surface area (Å²) in [6, 6.07) is 6.07. The Labute approximate surface area is 143 Å². The summed E-state index contributed by atoms with van der Waals surface area (Å²) in [6.45, 7) is 8.67. The van der Waals surface area contributed by atoms with E-state index in [9.17, 15) is 4.79 Å². The molecule has 1 saturated heterocycles. The molecule has 0 saturated carbocycles. The molecule has 122 valence electrons. The van der Waals surface area contributed by atoms with Gasteiger partial charge in [-0.05, 0) is 30.5 Å². The van der Waals surface area contributed by atoms with Gasteiger partial charge in [0, 0.05) is 31.1 Å². The molecule has 0 aliphatic carbocycles. The first-order chi connectivity index (χ1) is 10.3. The van der Waals surface area contributed by atoms with Crippen LogP contribution in [0.5, 0.6) is 0 Å². The van der Waals surface area contributed by atoms with E-state index in [0.717, 1.165) is 32.5 Å². The average Bonchev–Trinajstić information content (AvgIpc) is 2.44. The van der Waals surface area contributed by atoms with Gasteiger partial charge in [0.25, 0.3) is 0 Å². The van der Waals surface area contributed by atoms with Gasteiger partial charge >= 0.3 is 0 Å². The second-order valence-corrected chi connectivity index (χ2v) is 7.84. The van der Waals surface area contributed by atoms with E-state index in [2.05, 4.69) is 10.2 Å². The molecule has 1 heterocycles. The molecule has 1 aliphatic rings. The number of hydrogen-bond donors (Lipinski definition) is 1. The molecular formula is C17H24Cl2N2O. The number of hydrogen-bond acceptors (Lipinski definition) is 2. The van der Waals surface area contributed by atoms with Crippen molar-refractivity contribution in [1.29, 1.82) is 0 Å². The number of carbonyl (C=O) groups is 1. The van der Waals surface area contributed by atoms with Crippen LogP contribution in [0.15, 0.2) is 18.2 Å². The Balaban J connectivity index is 1.82. The molecule has 22 heavy (non-hydrogen) atoms. The number of benzene rings is 1. The molecule has 0 atom stereocenters. The van der Waals surface area contributed by atoms with Gasteiger partial charge in [0.2, 0.25) is 5.91 Å². The second kappa shape index (κ2) is 7.20. The Morgan fingerprint density at radius 1 is 1.23 bits per heavy atom. The first-order valence-corrected chi connectivity index (χ1v) is 8.48. The van der Waals surface area contributed by atoms with E-state index in [1.807, 2.05) is 39.0 Å². The first-order valence-electron chi connectivity index (χ1n) is 7.73. The lowest BCUT2D eigenvalue weighted by atomic mass is 9.94. The van der Waals surface area contributed by atoms with Crippen LogP contribution >= 0.6 is 23.2 Å². The number of nitrogens with one attached hydrogen (secondary N) is 1. The normalized spacial score (nSPS) is 17.5. The SMILES string of the molecule is CC(C)(C)C(=O)NC1CCN(Cc2ccc(Cl)c(Cl)c2)CC1. The van der Waals surface area contributed by atoms with Crippen molar-refractivity contribution in [2.75, 3.05) is 13.1 Å². The number of piperidine rings is 1. The van der Waals surface area contributed by atoms with Crippen molar-refractivity contribution in [1.82, 2.24) is 10.2 Å². The third kappa shape index (κ3) is 4.87. The maximum absolute atomic E-state index is 12.0. The summed E-state index contributed by atoms with van der Waals surface area (Å²) in [5, 5.41) is 4.35. The molecule has 0 spiro atoms. The second-order valence-electron chi connectivity index (χ2n) is 7.02. The predicted molar refractivity (Wildman–Crippen MR) is 92.4 cm³/mol. The maximum atomic E-state index is 12.0. The molecule has 1 amide bonds. The van der Waals surface area contributed by atoms with E-state index in [0.29, 0.717) is 10.0 Å². The van der Waals surface area contributed by atoms with Crippen molar-refractivity contribution in [3.8, 4) is 0 Å². The molecule has 1 aliphatic heterocycles. The van der Waals surface area contributed by atoms with Crippen LogP contribution in [0.2, 0.25) is 10.0 Å². The van der Waals surface area contributed by atoms with Crippen molar-refractivity contribution in [3.05, 3.63) is 33.8 Å². The summed E-state index contributed by atoms with van der Waals surface area (Å²) in [7, 11) is 0. The highest BCUT2D eigenvalue weighted by molar-refractivity contribution is 6.42. The molecule has 5 heteroatoms. The molecule has 0 bridgehead atoms. The van der Waals surface area contributed by atoms with Crippen molar-refractivity contribution < 1.29 is 4.79 Å². The minimum absolute atomic E-state index is 0.135. The van der Waals surface area contributed by atoms with Crippen LogP contribution in [0.1, 0.15) is 39.2 Å². The van der Waals surface area contributed by atoms with Crippen molar-refractivity contribution in [3.63, 3.8) is 0 Å². The molecule has 0 radical (unpaired) electrons. The fourth-order valence-corrected chi connectivity index (χ4v) is 2.85. The van der Waals surface area contributed by atoms with Gasteiger partial charge in [0.05, 0.1) is 10.0 Å². The molecule has 0 unspecified atom stereocenters. The Kier molecular flexibility index (Phi) is 5.76. The van der Waals surface area contributed by atoms with Gasteiger partial charge in [0.15, 0.2) is 0 Å². The van der Waals surface area contributed by atoms with E-state index in [-0.39, 0.29) is 17.4 Å². The lowest BCUT2D eigenvalue weighted by Crippen LogP contribution is -2.47. The van der Waals surface area contributed by atoms with Crippen LogP contribution in [-0.2, 0) is 11.3 Å². The quantitative estimate of drug-likeness (QED) is 0.895. The topological polar surface area (TPSA) is 32.3 Å². The van der Waals surface area contributed by atoms with E-state index >= 15 is 0 Å². The smallest absolute Gasteiger partial charge is 0.225 e. The van der Waals surface area contributed by atoms with Crippen LogP contribution in [0.3, 0.4) is 0 Å². The van der Waals surface area contributed by atoms with E-state index in [4.69, 9.17) is 23.2 Å². The fraction of sp³-hybridized carbons (Fsp3) is 0.588. The Morgan fingerprint density at radius 3 is 2.41 bits per heavy atom. The van der Waals surface area contributed by atoms with E-state index in [1.54, 1.807) is 0 Å². The lowest BCUT2D eigenvalue weighted by Gasteiger charge is -2.33. The van der Waals surface area contributed by atoms with Gasteiger partial charge in [0.1, 0.15) is 0 Å². The number of carbonyl (C=O) groups excluding carboxylic acids is 1. The van der Waals surface area contributed by atoms with Gasteiger partial charge in [-0.3, -0.25) is 9.69 Å². The van der Waals surface area contributed by atoms with Crippen molar-refractivity contribution in [2.45, 2.75) is 46.2 Å². The summed E-state index contributed by atoms with van der Waals surface area (Å²) in [5.74, 6) is 0.135. The van der Waals surface area contributed by atoms with Crippen LogP contribution in [0.25, 0.3) is 0 Å². The Morgan fingerprint density at radius 2 is 1.86 bits per heavy atom. The Bertz CT molecular complexity index is 532. The molecular weight excluding hydrogens is 319 g/mol. The van der Waals surface area contributed by atoms with Gasteiger partial charge in [-0.25, -0.2) is 0 Å². The molecule has 1 fully saturated rings. The molecule has 1 aromatic rings. The summed E-state index contributed by atoms with van der Waals surface area (Å²) in [4.78, 5) is 14.4. The van der Waals surface area contributed by atoms with Crippen LogP contribution in [0, 0.1) is 5.41 Å². The highest BCUT2D eigenvalue weighted by Gasteiger charge is 2.26. The summed E-state index contributed by atoms with van der Waals surface area (Å²) in [6.07, 6.45) is 1.98. The Hall–Kier alpha value is -0.770. The first kappa shape index (κ1) is 17.6. The summed E-state index contributed by atoms with van der Waals surface area (Å²) >= 11 is 12.0. The van der Waals surface area contributed by atoms with Crippen molar-refractivity contribution >= 4 is 29.1 Å². The summed E-state index contributed by atoms with van der Waals surface area (Å²) in [5.41, 5.74) is 0.851. The molecule has 3 nitrogen and oxygen atoms in total. The van der Waals surface area contributed by atoms with Crippen molar-refractivity contribution in [2.24, 2.45) is 5.41 Å². The molecule has 0 aromatic heterocycles. The standard InChI is InChI=1S/C17H24Cl2N2O/c1-17(2,3)16(22)20-13-6-8-21(9-7-13)11-12-4-5-14(18)15(19)10-12/h4-5,10,13H,6-9,11H2,1-3H3,(H,20,22). The van der Waals surface area contributed by atoms with Gasteiger partial charge in [-0.15, -0.1) is 0 Å². The van der Waals surface area contributed by atoms with Crippen LogP contribution < -0.4 is 5.32 Å². The largest absolute Gasteiger partial charge is 0.353 e. The lowest BCUT2D eigenvalue weighted by molar-refractivity contribution is -0.129. The molecule has 1 aromatic carbocycles. The number of amides is 1. The van der Waals surface area contributed by atoms with Gasteiger partial charge in [-0.1, -0.05) is 50.0 Å². The zero-order valence-electron chi connectivity index (χ0n) is 13.5. The number of rotatable bonds is 3. The zero-order valence-corrected chi connectivity index (χ0v) is 15.0. The van der Waals surface area contributed by atoms with Gasteiger partial charge in [-0.2, -0.15) is 0 Å². The third-order valence-electron chi connectivity index (χ3n) is 3.99. The average molecular weight is 343 g/mol. The highest BCUT2D eigenvalue weighted by Crippen LogP contribution is 2.24. The maximum Gasteiger partial charge on any atom is 0.225 e. The van der Waals surface area contributed by atoms with Gasteiger partial charge < -0.3 is 5.32 Å². The monoisotopic (exact) mass is 342 g/mol. The number of halogens is 2. The minimum Gasteiger partial charge on any atom is -0.353 e. The molecule has 1 N–H and O–H groups in total. The number of nitrogens with zero attached hydrogens (tertiary/aromatic N) is 1.